The Hall–Kier alpha value is -2.98. The number of carbonyl (C=O) groups is 1. The highest BCUT2D eigenvalue weighted by atomic mass is 28.3. The summed E-state index contributed by atoms with van der Waals surface area (Å²) < 4.78 is 2.18. The largest absolute Gasteiger partial charge is 0.295 e. The van der Waals surface area contributed by atoms with Crippen molar-refractivity contribution in [2.24, 2.45) is 5.10 Å². The van der Waals surface area contributed by atoms with Gasteiger partial charge in [-0.1, -0.05) is 78.9 Å². The quantitative estimate of drug-likeness (QED) is 0.190. The minimum atomic E-state index is -1.78. The first-order chi connectivity index (χ1) is 13.9. The van der Waals surface area contributed by atoms with Crippen LogP contribution >= 0.6 is 0 Å². The molecule has 0 heterocycles. The molecule has 4 heteroatoms. The smallest absolute Gasteiger partial charge is 0.176 e. The number of carbonyl (C=O) groups excluding carboxylic acids is 1. The Kier molecular flexibility index (Phi) is 6.78. The number of nitrogens with zero attached hydrogens (tertiary/aromatic N) is 2. The molecule has 0 unspecified atom stereocenters. The van der Waals surface area contributed by atoms with Crippen LogP contribution in [0.1, 0.15) is 28.8 Å². The first-order valence-electron chi connectivity index (χ1n) is 10.0. The summed E-state index contributed by atoms with van der Waals surface area (Å²) in [6, 6.07) is 30.0. The Balaban J connectivity index is 1.93. The number of hydrazone groups is 1. The van der Waals surface area contributed by atoms with Gasteiger partial charge in [-0.05, 0) is 43.8 Å². The van der Waals surface area contributed by atoms with Crippen molar-refractivity contribution in [3.8, 4) is 0 Å². The predicted molar refractivity (Wildman–Crippen MR) is 125 cm³/mol. The Bertz CT molecular complexity index is 948. The zero-order chi connectivity index (χ0) is 20.7. The van der Waals surface area contributed by atoms with Gasteiger partial charge in [0.15, 0.2) is 14.0 Å². The van der Waals surface area contributed by atoms with Crippen molar-refractivity contribution < 1.29 is 4.79 Å². The van der Waals surface area contributed by atoms with Gasteiger partial charge >= 0.3 is 0 Å². The molecule has 0 N–H and O–H groups in total. The van der Waals surface area contributed by atoms with Gasteiger partial charge in [-0.2, -0.15) is 5.10 Å². The molecule has 0 saturated carbocycles. The first-order valence-corrected chi connectivity index (χ1v) is 13.5. The van der Waals surface area contributed by atoms with Crippen LogP contribution in [0, 0.1) is 0 Å². The summed E-state index contributed by atoms with van der Waals surface area (Å²) in [4.78, 5) is 12.7. The Labute approximate surface area is 174 Å². The highest BCUT2D eigenvalue weighted by molar-refractivity contribution is 6.79. The van der Waals surface area contributed by atoms with Crippen molar-refractivity contribution in [3.63, 3.8) is 0 Å². The number of hydrogen-bond donors (Lipinski definition) is 0. The normalized spacial score (nSPS) is 11.9. The molecule has 3 nitrogen and oxygen atoms in total. The molecule has 0 aliphatic heterocycles. The Morgan fingerprint density at radius 3 is 1.72 bits per heavy atom. The Morgan fingerprint density at radius 2 is 1.21 bits per heavy atom. The lowest BCUT2D eigenvalue weighted by molar-refractivity contribution is 0.0985. The molecular formula is C25H28N2OSi. The second-order valence-electron chi connectivity index (χ2n) is 8.02. The second-order valence-corrected chi connectivity index (χ2v) is 12.8. The van der Waals surface area contributed by atoms with E-state index in [0.717, 1.165) is 22.5 Å². The summed E-state index contributed by atoms with van der Waals surface area (Å²) in [7, 11) is -1.78. The molecule has 29 heavy (non-hydrogen) atoms. The lowest BCUT2D eigenvalue weighted by atomic mass is 10.0. The van der Waals surface area contributed by atoms with Crippen LogP contribution in [0.2, 0.25) is 19.6 Å². The van der Waals surface area contributed by atoms with Crippen LogP contribution in [0.25, 0.3) is 0 Å². The molecule has 0 bridgehead atoms. The van der Waals surface area contributed by atoms with Crippen molar-refractivity contribution >= 4 is 25.4 Å². The van der Waals surface area contributed by atoms with Crippen molar-refractivity contribution in [3.05, 3.63) is 102 Å². The van der Waals surface area contributed by atoms with Gasteiger partial charge in [0, 0.05) is 17.7 Å². The molecular weight excluding hydrogens is 372 g/mol. The molecule has 0 radical (unpaired) electrons. The summed E-state index contributed by atoms with van der Waals surface area (Å²) in [5.41, 5.74) is 3.85. The SMILES string of the molecule is C[Si](C)(C)N(/N=C(/CCC(=O)c1ccccc1)c1ccccc1)c1ccccc1. The van der Waals surface area contributed by atoms with E-state index in [0.29, 0.717) is 12.8 Å². The fourth-order valence-electron chi connectivity index (χ4n) is 3.17. The average Bonchev–Trinajstić information content (AvgIpc) is 2.74. The van der Waals surface area contributed by atoms with Crippen LogP contribution in [0.15, 0.2) is 96.1 Å². The first kappa shape index (κ1) is 20.7. The van der Waals surface area contributed by atoms with E-state index >= 15 is 0 Å². The van der Waals surface area contributed by atoms with E-state index in [-0.39, 0.29) is 5.78 Å². The molecule has 0 saturated heterocycles. The molecule has 0 aromatic heterocycles. The summed E-state index contributed by atoms with van der Waals surface area (Å²) >= 11 is 0. The third kappa shape index (κ3) is 5.75. The molecule has 0 aliphatic rings. The Morgan fingerprint density at radius 1 is 0.724 bits per heavy atom. The number of benzene rings is 3. The zero-order valence-electron chi connectivity index (χ0n) is 17.4. The number of para-hydroxylation sites is 1. The van der Waals surface area contributed by atoms with E-state index < -0.39 is 8.24 Å². The van der Waals surface area contributed by atoms with Crippen molar-refractivity contribution in [2.75, 3.05) is 4.67 Å². The van der Waals surface area contributed by atoms with Gasteiger partial charge in [0.25, 0.3) is 0 Å². The van der Waals surface area contributed by atoms with Crippen LogP contribution in [-0.2, 0) is 0 Å². The molecule has 0 amide bonds. The molecule has 0 spiro atoms. The van der Waals surface area contributed by atoms with Gasteiger partial charge in [0.05, 0.1) is 5.71 Å². The molecule has 3 rings (SSSR count). The van der Waals surface area contributed by atoms with E-state index in [1.165, 1.54) is 0 Å². The third-order valence-corrected chi connectivity index (χ3v) is 6.28. The second kappa shape index (κ2) is 9.48. The highest BCUT2D eigenvalue weighted by Gasteiger charge is 2.25. The number of rotatable bonds is 8. The van der Waals surface area contributed by atoms with E-state index in [2.05, 4.69) is 48.6 Å². The van der Waals surface area contributed by atoms with Crippen molar-refractivity contribution in [1.82, 2.24) is 0 Å². The summed E-state index contributed by atoms with van der Waals surface area (Å²) in [5, 5.41) is 5.11. The van der Waals surface area contributed by atoms with Gasteiger partial charge < -0.3 is 0 Å². The van der Waals surface area contributed by atoms with Crippen LogP contribution < -0.4 is 4.67 Å². The molecule has 3 aromatic rings. The van der Waals surface area contributed by atoms with E-state index in [1.54, 1.807) is 0 Å². The van der Waals surface area contributed by atoms with E-state index in [4.69, 9.17) is 5.10 Å². The van der Waals surface area contributed by atoms with Crippen molar-refractivity contribution in [1.29, 1.82) is 0 Å². The molecule has 3 aromatic carbocycles. The van der Waals surface area contributed by atoms with Crippen LogP contribution in [0.3, 0.4) is 0 Å². The monoisotopic (exact) mass is 400 g/mol. The summed E-state index contributed by atoms with van der Waals surface area (Å²) in [6.07, 6.45) is 1.04. The van der Waals surface area contributed by atoms with E-state index in [1.807, 2.05) is 66.7 Å². The lowest BCUT2D eigenvalue weighted by Crippen LogP contribution is -2.43. The number of Topliss-reactive ketones (excluding diaryl/α,β-unsaturated/α-hetero) is 1. The average molecular weight is 401 g/mol. The fraction of sp³-hybridized carbons (Fsp3) is 0.200. The predicted octanol–water partition coefficient (Wildman–Crippen LogP) is 6.40. The lowest BCUT2D eigenvalue weighted by Gasteiger charge is -2.32. The standard InChI is InChI=1S/C25H28N2OSi/c1-29(2,3)27(23-17-11-6-12-18-23)26-24(21-13-7-4-8-14-21)19-20-25(28)22-15-9-5-10-16-22/h4-18H,19-20H2,1-3H3/b26-24-. The van der Waals surface area contributed by atoms with Crippen LogP contribution in [0.5, 0.6) is 0 Å². The topological polar surface area (TPSA) is 32.7 Å². The van der Waals surface area contributed by atoms with Gasteiger partial charge in [-0.15, -0.1) is 0 Å². The highest BCUT2D eigenvalue weighted by Crippen LogP contribution is 2.23. The molecule has 148 valence electrons. The third-order valence-electron chi connectivity index (χ3n) is 4.65. The molecule has 0 fully saturated rings. The minimum Gasteiger partial charge on any atom is -0.295 e. The summed E-state index contributed by atoms with van der Waals surface area (Å²) in [6.45, 7) is 6.84. The van der Waals surface area contributed by atoms with Crippen molar-refractivity contribution in [2.45, 2.75) is 32.5 Å². The van der Waals surface area contributed by atoms with E-state index in [9.17, 15) is 4.79 Å². The maximum Gasteiger partial charge on any atom is 0.176 e. The zero-order valence-corrected chi connectivity index (χ0v) is 18.4. The van der Waals surface area contributed by atoms with Gasteiger partial charge in [0.1, 0.15) is 0 Å². The number of ketones is 1. The number of hydrogen-bond acceptors (Lipinski definition) is 3. The summed E-state index contributed by atoms with van der Waals surface area (Å²) in [5.74, 6) is 0.147. The number of anilines is 1. The fourth-order valence-corrected chi connectivity index (χ4v) is 4.51. The van der Waals surface area contributed by atoms with Gasteiger partial charge in [-0.3, -0.25) is 9.47 Å². The van der Waals surface area contributed by atoms with Crippen LogP contribution in [0.4, 0.5) is 5.69 Å². The van der Waals surface area contributed by atoms with Crippen LogP contribution in [-0.4, -0.2) is 19.7 Å². The maximum absolute atomic E-state index is 12.7. The van der Waals surface area contributed by atoms with Gasteiger partial charge in [0.2, 0.25) is 0 Å². The van der Waals surface area contributed by atoms with Gasteiger partial charge in [-0.25, -0.2) is 0 Å². The minimum absolute atomic E-state index is 0.147. The maximum atomic E-state index is 12.7. The molecule has 0 atom stereocenters. The molecule has 0 aliphatic carbocycles.